The first-order valence-corrected chi connectivity index (χ1v) is 13.0. The Balaban J connectivity index is 2.23. The zero-order valence-electron chi connectivity index (χ0n) is 17.2. The number of ether oxygens (including phenoxy) is 2. The lowest BCUT2D eigenvalue weighted by atomic mass is 9.95. The minimum atomic E-state index is -0.0370. The summed E-state index contributed by atoms with van der Waals surface area (Å²) in [6.45, 7) is 6.77. The topological polar surface area (TPSA) is 18.5 Å². The minimum Gasteiger partial charge on any atom is -0.356 e. The van der Waals surface area contributed by atoms with Crippen molar-refractivity contribution in [2.24, 2.45) is 0 Å². The quantitative estimate of drug-likeness (QED) is 0.147. The molecule has 1 aromatic carbocycles. The van der Waals surface area contributed by atoms with Crippen molar-refractivity contribution in [2.45, 2.75) is 78.4 Å². The third kappa shape index (κ3) is 8.21. The van der Waals surface area contributed by atoms with Crippen LogP contribution in [0.4, 0.5) is 0 Å². The molecule has 148 valence electrons. The first kappa shape index (κ1) is 23.8. The van der Waals surface area contributed by atoms with E-state index in [4.69, 9.17) is 9.47 Å². The van der Waals surface area contributed by atoms with Crippen molar-refractivity contribution in [3.8, 4) is 0 Å². The van der Waals surface area contributed by atoms with Crippen LogP contribution < -0.4 is 5.30 Å². The van der Waals surface area contributed by atoms with Gasteiger partial charge in [0, 0.05) is 14.2 Å². The Bertz CT molecular complexity index is 554. The molecule has 0 aromatic heterocycles. The summed E-state index contributed by atoms with van der Waals surface area (Å²) in [7, 11) is 4.12. The van der Waals surface area contributed by atoms with Crippen LogP contribution in [0.5, 0.6) is 0 Å². The van der Waals surface area contributed by atoms with Crippen molar-refractivity contribution in [3.05, 3.63) is 40.5 Å². The van der Waals surface area contributed by atoms with Gasteiger partial charge in [-0.15, -0.1) is 0 Å². The molecular formula is C22H36BrO2P. The molecule has 0 aliphatic rings. The number of hydrogen-bond donors (Lipinski definition) is 0. The van der Waals surface area contributed by atoms with Gasteiger partial charge in [0.15, 0.2) is 6.29 Å². The van der Waals surface area contributed by atoms with E-state index < -0.39 is 0 Å². The van der Waals surface area contributed by atoms with Crippen molar-refractivity contribution in [1.29, 1.82) is 0 Å². The molecule has 0 bridgehead atoms. The predicted octanol–water partition coefficient (Wildman–Crippen LogP) is 6.67. The first-order valence-electron chi connectivity index (χ1n) is 9.72. The van der Waals surface area contributed by atoms with Crippen LogP contribution in [0, 0.1) is 20.8 Å². The second kappa shape index (κ2) is 13.9. The molecule has 0 fully saturated rings. The van der Waals surface area contributed by atoms with Crippen molar-refractivity contribution < 1.29 is 9.47 Å². The van der Waals surface area contributed by atoms with Crippen LogP contribution in [0.15, 0.2) is 18.2 Å². The van der Waals surface area contributed by atoms with E-state index in [0.717, 1.165) is 6.42 Å². The third-order valence-electron chi connectivity index (χ3n) is 5.25. The van der Waals surface area contributed by atoms with E-state index in [9.17, 15) is 0 Å². The number of benzene rings is 1. The van der Waals surface area contributed by atoms with E-state index in [0.29, 0.717) is 7.28 Å². The van der Waals surface area contributed by atoms with Gasteiger partial charge in [0.05, 0.1) is 0 Å². The van der Waals surface area contributed by atoms with Crippen molar-refractivity contribution in [1.82, 2.24) is 0 Å². The van der Waals surface area contributed by atoms with Crippen molar-refractivity contribution in [2.75, 3.05) is 14.2 Å². The fourth-order valence-corrected chi connectivity index (χ4v) is 4.99. The molecule has 0 heterocycles. The van der Waals surface area contributed by atoms with Crippen LogP contribution in [0.2, 0.25) is 0 Å². The van der Waals surface area contributed by atoms with Crippen LogP contribution in [-0.4, -0.2) is 20.5 Å². The average molecular weight is 443 g/mol. The number of halogens is 1. The zero-order valence-corrected chi connectivity index (χ0v) is 19.7. The van der Waals surface area contributed by atoms with Gasteiger partial charge in [-0.05, 0) is 101 Å². The second-order valence-corrected chi connectivity index (χ2v) is 8.87. The van der Waals surface area contributed by atoms with Gasteiger partial charge in [0.1, 0.15) is 0 Å². The Morgan fingerprint density at radius 1 is 0.923 bits per heavy atom. The van der Waals surface area contributed by atoms with Gasteiger partial charge < -0.3 is 9.47 Å². The molecule has 1 aromatic rings. The number of aryl methyl sites for hydroxylation is 1. The predicted molar refractivity (Wildman–Crippen MR) is 120 cm³/mol. The molecule has 0 amide bonds. The summed E-state index contributed by atoms with van der Waals surface area (Å²) in [6.07, 6.45) is 14.1. The Morgan fingerprint density at radius 2 is 1.58 bits per heavy atom. The summed E-state index contributed by atoms with van der Waals surface area (Å²) in [5.41, 5.74) is 5.91. The molecule has 4 heteroatoms. The highest BCUT2D eigenvalue weighted by Gasteiger charge is 2.08. The van der Waals surface area contributed by atoms with E-state index in [-0.39, 0.29) is 6.29 Å². The third-order valence-corrected chi connectivity index (χ3v) is 7.26. The summed E-state index contributed by atoms with van der Waals surface area (Å²) in [4.78, 5) is 0. The highest BCUT2D eigenvalue weighted by molar-refractivity contribution is 9.37. The molecule has 26 heavy (non-hydrogen) atoms. The van der Waals surface area contributed by atoms with Gasteiger partial charge in [-0.2, -0.15) is 0 Å². The van der Waals surface area contributed by atoms with Crippen LogP contribution in [-0.2, 0) is 15.9 Å². The molecule has 0 saturated carbocycles. The molecular weight excluding hydrogens is 407 g/mol. The van der Waals surface area contributed by atoms with Gasteiger partial charge in [0.2, 0.25) is 0 Å². The number of unbranched alkanes of at least 4 members (excludes halogenated alkanes) is 4. The lowest BCUT2D eigenvalue weighted by molar-refractivity contribution is -0.107. The SMILES string of the molecule is COC(CCCCC/C=C\CCCc1cc(PBr)c(C)c(C)c1C)OC. The summed E-state index contributed by atoms with van der Waals surface area (Å²) < 4.78 is 10.4. The van der Waals surface area contributed by atoms with Crippen molar-refractivity contribution >= 4 is 28.1 Å². The minimum absolute atomic E-state index is 0.0370. The first-order chi connectivity index (χ1) is 12.5. The standard InChI is InChI=1S/C22H36BrO2P/c1-17-18(2)20(16-21(26-23)19(17)3)14-12-10-8-6-7-9-11-13-15-22(24-4)25-5/h6,8,16,22,26H,7,9-15H2,1-5H3/b8-6-. The highest BCUT2D eigenvalue weighted by atomic mass is 79.9. The molecule has 1 unspecified atom stereocenters. The van der Waals surface area contributed by atoms with Gasteiger partial charge in [-0.25, -0.2) is 0 Å². The van der Waals surface area contributed by atoms with Gasteiger partial charge in [-0.3, -0.25) is 0 Å². The van der Waals surface area contributed by atoms with E-state index in [1.807, 2.05) is 0 Å². The molecule has 0 aliphatic heterocycles. The summed E-state index contributed by atoms with van der Waals surface area (Å²) in [5.74, 6) is 0. The van der Waals surface area contributed by atoms with Crippen molar-refractivity contribution in [3.63, 3.8) is 0 Å². The van der Waals surface area contributed by atoms with Crippen LogP contribution in [0.25, 0.3) is 0 Å². The maximum absolute atomic E-state index is 5.21. The molecule has 0 aliphatic carbocycles. The van der Waals surface area contributed by atoms with Crippen LogP contribution >= 0.6 is 22.8 Å². The zero-order chi connectivity index (χ0) is 19.4. The van der Waals surface area contributed by atoms with Crippen LogP contribution in [0.1, 0.15) is 67.2 Å². The van der Waals surface area contributed by atoms with E-state index >= 15 is 0 Å². The van der Waals surface area contributed by atoms with E-state index in [2.05, 4.69) is 54.5 Å². The monoisotopic (exact) mass is 442 g/mol. The Hall–Kier alpha value is -0.210. The molecule has 2 nitrogen and oxygen atoms in total. The fraction of sp³-hybridized carbons (Fsp3) is 0.636. The van der Waals surface area contributed by atoms with Crippen LogP contribution in [0.3, 0.4) is 0 Å². The summed E-state index contributed by atoms with van der Waals surface area (Å²) in [6, 6.07) is 2.40. The molecule has 0 radical (unpaired) electrons. The average Bonchev–Trinajstić information content (AvgIpc) is 2.66. The lowest BCUT2D eigenvalue weighted by Gasteiger charge is -2.14. The highest BCUT2D eigenvalue weighted by Crippen LogP contribution is 2.27. The lowest BCUT2D eigenvalue weighted by Crippen LogP contribution is -2.12. The fourth-order valence-electron chi connectivity index (χ4n) is 3.20. The van der Waals surface area contributed by atoms with Gasteiger partial charge in [0.25, 0.3) is 0 Å². The number of allylic oxidation sites excluding steroid dienone is 2. The largest absolute Gasteiger partial charge is 0.356 e. The molecule has 0 saturated heterocycles. The molecule has 1 atom stereocenters. The Kier molecular flexibility index (Phi) is 12.7. The summed E-state index contributed by atoms with van der Waals surface area (Å²) in [5, 5.41) is 1.46. The Labute approximate surface area is 170 Å². The maximum atomic E-state index is 5.21. The normalized spacial score (nSPS) is 12.3. The smallest absolute Gasteiger partial charge is 0.156 e. The Morgan fingerprint density at radius 3 is 2.19 bits per heavy atom. The molecule has 0 spiro atoms. The molecule has 0 N–H and O–H groups in total. The summed E-state index contributed by atoms with van der Waals surface area (Å²) >= 11 is 3.65. The maximum Gasteiger partial charge on any atom is 0.156 e. The van der Waals surface area contributed by atoms with Gasteiger partial charge >= 0.3 is 0 Å². The number of hydrogen-bond acceptors (Lipinski definition) is 2. The second-order valence-electron chi connectivity index (χ2n) is 6.96. The van der Waals surface area contributed by atoms with Gasteiger partial charge in [-0.1, -0.05) is 40.1 Å². The molecule has 1 rings (SSSR count). The van der Waals surface area contributed by atoms with E-state index in [1.165, 1.54) is 72.5 Å². The number of methoxy groups -OCH3 is 2. The van der Waals surface area contributed by atoms with E-state index in [1.54, 1.807) is 14.2 Å². The number of rotatable bonds is 13.